The summed E-state index contributed by atoms with van der Waals surface area (Å²) in [5, 5.41) is 5.61. The van der Waals surface area contributed by atoms with E-state index in [0.29, 0.717) is 25.8 Å². The largest absolute Gasteiger partial charge is 0.355 e. The summed E-state index contributed by atoms with van der Waals surface area (Å²) in [4.78, 5) is 24.2. The number of amides is 2. The molecule has 1 aromatic carbocycles. The van der Waals surface area contributed by atoms with E-state index in [1.54, 1.807) is 12.1 Å². The van der Waals surface area contributed by atoms with Crippen LogP contribution in [0.2, 0.25) is 0 Å². The molecule has 0 atom stereocenters. The zero-order chi connectivity index (χ0) is 15.5. The van der Waals surface area contributed by atoms with Gasteiger partial charge in [0.25, 0.3) is 0 Å². The van der Waals surface area contributed by atoms with Crippen LogP contribution in [0.15, 0.2) is 24.3 Å². The van der Waals surface area contributed by atoms with Gasteiger partial charge in [0.05, 0.1) is 0 Å². The summed E-state index contributed by atoms with van der Waals surface area (Å²) >= 11 is 0. The standard InChI is InChI=1S/C16H21FN2O2/c1-11(2)19-15(21)16(8-9-16)14(20)18-10-7-12-3-5-13(17)6-4-12/h3-6,11H,7-10H2,1-2H3,(H,18,20)(H,19,21). The molecule has 0 unspecified atom stereocenters. The van der Waals surface area contributed by atoms with Crippen molar-refractivity contribution in [1.82, 2.24) is 10.6 Å². The monoisotopic (exact) mass is 292 g/mol. The highest BCUT2D eigenvalue weighted by Gasteiger charge is 2.56. The molecule has 0 spiro atoms. The Kier molecular flexibility index (Phi) is 4.60. The molecule has 0 radical (unpaired) electrons. The molecule has 0 saturated heterocycles. The van der Waals surface area contributed by atoms with Crippen LogP contribution in [0.3, 0.4) is 0 Å². The average Bonchev–Trinajstić information content (AvgIpc) is 3.21. The van der Waals surface area contributed by atoms with E-state index in [9.17, 15) is 14.0 Å². The summed E-state index contributed by atoms with van der Waals surface area (Å²) in [6.07, 6.45) is 1.83. The Labute approximate surface area is 124 Å². The lowest BCUT2D eigenvalue weighted by molar-refractivity contribution is -0.137. The van der Waals surface area contributed by atoms with Gasteiger partial charge in [-0.2, -0.15) is 0 Å². The molecule has 2 rings (SSSR count). The minimum Gasteiger partial charge on any atom is -0.355 e. The molecule has 0 bridgehead atoms. The molecule has 4 nitrogen and oxygen atoms in total. The van der Waals surface area contributed by atoms with Crippen molar-refractivity contribution in [1.29, 1.82) is 0 Å². The smallest absolute Gasteiger partial charge is 0.235 e. The highest BCUT2D eigenvalue weighted by Crippen LogP contribution is 2.46. The average molecular weight is 292 g/mol. The molecule has 1 fully saturated rings. The molecule has 114 valence electrons. The van der Waals surface area contributed by atoms with Crippen LogP contribution in [0, 0.1) is 11.2 Å². The van der Waals surface area contributed by atoms with Crippen LogP contribution in [0.1, 0.15) is 32.3 Å². The summed E-state index contributed by atoms with van der Waals surface area (Å²) < 4.78 is 12.8. The number of hydrogen-bond donors (Lipinski definition) is 2. The summed E-state index contributed by atoms with van der Waals surface area (Å²) in [5.74, 6) is -0.662. The molecule has 2 N–H and O–H groups in total. The minimum atomic E-state index is -0.868. The first kappa shape index (κ1) is 15.5. The molecular formula is C16H21FN2O2. The number of halogens is 1. The van der Waals surface area contributed by atoms with Gasteiger partial charge in [-0.1, -0.05) is 12.1 Å². The van der Waals surface area contributed by atoms with Crippen LogP contribution in [0.5, 0.6) is 0 Å². The molecule has 1 aliphatic carbocycles. The zero-order valence-corrected chi connectivity index (χ0v) is 12.4. The zero-order valence-electron chi connectivity index (χ0n) is 12.4. The number of carbonyl (C=O) groups is 2. The van der Waals surface area contributed by atoms with Gasteiger partial charge >= 0.3 is 0 Å². The van der Waals surface area contributed by atoms with E-state index in [-0.39, 0.29) is 23.7 Å². The lowest BCUT2D eigenvalue weighted by atomic mass is 10.0. The second-order valence-electron chi connectivity index (χ2n) is 5.84. The van der Waals surface area contributed by atoms with Crippen molar-refractivity contribution in [3.8, 4) is 0 Å². The molecule has 0 heterocycles. The van der Waals surface area contributed by atoms with Crippen molar-refractivity contribution in [2.24, 2.45) is 5.41 Å². The number of nitrogens with one attached hydrogen (secondary N) is 2. The molecule has 0 aromatic heterocycles. The van der Waals surface area contributed by atoms with Gasteiger partial charge in [0.2, 0.25) is 11.8 Å². The molecule has 0 aliphatic heterocycles. The lowest BCUT2D eigenvalue weighted by Gasteiger charge is -2.17. The van der Waals surface area contributed by atoms with E-state index in [1.807, 2.05) is 13.8 Å². The van der Waals surface area contributed by atoms with Gasteiger partial charge in [0, 0.05) is 12.6 Å². The third-order valence-electron chi connectivity index (χ3n) is 3.65. The Hall–Kier alpha value is -1.91. The molecule has 5 heteroatoms. The minimum absolute atomic E-state index is 0.0296. The fourth-order valence-electron chi connectivity index (χ4n) is 2.22. The Balaban J connectivity index is 1.82. The van der Waals surface area contributed by atoms with Crippen LogP contribution in [-0.4, -0.2) is 24.4 Å². The van der Waals surface area contributed by atoms with Crippen molar-refractivity contribution < 1.29 is 14.0 Å². The van der Waals surface area contributed by atoms with Crippen molar-refractivity contribution in [3.63, 3.8) is 0 Å². The van der Waals surface area contributed by atoms with E-state index in [4.69, 9.17) is 0 Å². The molecule has 2 amide bonds. The summed E-state index contributed by atoms with van der Waals surface area (Å²) in [7, 11) is 0. The van der Waals surface area contributed by atoms with Gasteiger partial charge < -0.3 is 10.6 Å². The van der Waals surface area contributed by atoms with E-state index in [0.717, 1.165) is 5.56 Å². The Morgan fingerprint density at radius 2 is 1.81 bits per heavy atom. The first-order valence-corrected chi connectivity index (χ1v) is 7.28. The van der Waals surface area contributed by atoms with Gasteiger partial charge in [0.1, 0.15) is 11.2 Å². The Morgan fingerprint density at radius 1 is 1.19 bits per heavy atom. The van der Waals surface area contributed by atoms with Gasteiger partial charge in [-0.3, -0.25) is 9.59 Å². The Morgan fingerprint density at radius 3 is 2.33 bits per heavy atom. The van der Waals surface area contributed by atoms with Crippen molar-refractivity contribution in [3.05, 3.63) is 35.6 Å². The summed E-state index contributed by atoms with van der Waals surface area (Å²) in [6.45, 7) is 4.20. The van der Waals surface area contributed by atoms with Gasteiger partial charge in [0.15, 0.2) is 0 Å². The third-order valence-corrected chi connectivity index (χ3v) is 3.65. The second kappa shape index (κ2) is 6.24. The maximum atomic E-state index is 12.8. The van der Waals surface area contributed by atoms with Crippen LogP contribution in [-0.2, 0) is 16.0 Å². The van der Waals surface area contributed by atoms with Crippen molar-refractivity contribution >= 4 is 11.8 Å². The van der Waals surface area contributed by atoms with E-state index in [2.05, 4.69) is 10.6 Å². The van der Waals surface area contributed by atoms with Crippen molar-refractivity contribution in [2.45, 2.75) is 39.2 Å². The molecular weight excluding hydrogens is 271 g/mol. The van der Waals surface area contributed by atoms with Crippen LogP contribution >= 0.6 is 0 Å². The normalized spacial score (nSPS) is 15.6. The lowest BCUT2D eigenvalue weighted by Crippen LogP contribution is -2.45. The summed E-state index contributed by atoms with van der Waals surface area (Å²) in [5.41, 5.74) is 0.0840. The van der Waals surface area contributed by atoms with Gasteiger partial charge in [-0.25, -0.2) is 4.39 Å². The van der Waals surface area contributed by atoms with E-state index >= 15 is 0 Å². The second-order valence-corrected chi connectivity index (χ2v) is 5.84. The molecule has 1 saturated carbocycles. The highest BCUT2D eigenvalue weighted by atomic mass is 19.1. The fourth-order valence-corrected chi connectivity index (χ4v) is 2.22. The number of benzene rings is 1. The van der Waals surface area contributed by atoms with E-state index in [1.165, 1.54) is 12.1 Å². The van der Waals surface area contributed by atoms with Crippen LogP contribution < -0.4 is 10.6 Å². The molecule has 21 heavy (non-hydrogen) atoms. The number of hydrogen-bond acceptors (Lipinski definition) is 2. The van der Waals surface area contributed by atoms with Gasteiger partial charge in [-0.05, 0) is 50.8 Å². The first-order chi connectivity index (χ1) is 9.94. The highest BCUT2D eigenvalue weighted by molar-refractivity contribution is 6.07. The SMILES string of the molecule is CC(C)NC(=O)C1(C(=O)NCCc2ccc(F)cc2)CC1. The van der Waals surface area contributed by atoms with E-state index < -0.39 is 5.41 Å². The van der Waals surface area contributed by atoms with Crippen LogP contribution in [0.25, 0.3) is 0 Å². The predicted molar refractivity (Wildman–Crippen MR) is 78.1 cm³/mol. The molecule has 1 aliphatic rings. The number of rotatable bonds is 6. The third kappa shape index (κ3) is 3.80. The number of carbonyl (C=O) groups excluding carboxylic acids is 2. The fraction of sp³-hybridized carbons (Fsp3) is 0.500. The first-order valence-electron chi connectivity index (χ1n) is 7.28. The van der Waals surface area contributed by atoms with Gasteiger partial charge in [-0.15, -0.1) is 0 Å². The maximum absolute atomic E-state index is 12.8. The van der Waals surface area contributed by atoms with Crippen molar-refractivity contribution in [2.75, 3.05) is 6.54 Å². The molecule has 1 aromatic rings. The Bertz CT molecular complexity index is 522. The van der Waals surface area contributed by atoms with Crippen LogP contribution in [0.4, 0.5) is 4.39 Å². The summed E-state index contributed by atoms with van der Waals surface area (Å²) in [6, 6.07) is 6.22. The maximum Gasteiger partial charge on any atom is 0.235 e. The topological polar surface area (TPSA) is 58.2 Å². The quantitative estimate of drug-likeness (QED) is 0.785. The predicted octanol–water partition coefficient (Wildman–Crippen LogP) is 1.79.